The Kier molecular flexibility index (Phi) is 6.76. The van der Waals surface area contributed by atoms with E-state index in [9.17, 15) is 18.5 Å². The average Bonchev–Trinajstić information content (AvgIpc) is 3.31. The summed E-state index contributed by atoms with van der Waals surface area (Å²) in [7, 11) is -3.53. The van der Waals surface area contributed by atoms with Crippen molar-refractivity contribution in [1.29, 1.82) is 5.26 Å². The first-order valence-electron chi connectivity index (χ1n) is 9.53. The van der Waals surface area contributed by atoms with Crippen LogP contribution < -0.4 is 10.1 Å². The Morgan fingerprint density at radius 3 is 2.66 bits per heavy atom. The van der Waals surface area contributed by atoms with Crippen molar-refractivity contribution >= 4 is 38.3 Å². The van der Waals surface area contributed by atoms with Crippen LogP contribution in [0.5, 0.6) is 5.75 Å². The molecule has 0 saturated carbocycles. The van der Waals surface area contributed by atoms with Gasteiger partial charge in [0.1, 0.15) is 17.4 Å². The van der Waals surface area contributed by atoms with Gasteiger partial charge in [-0.15, -0.1) is 10.2 Å². The first-order chi connectivity index (χ1) is 15.2. The zero-order valence-corrected chi connectivity index (χ0v) is 19.5. The predicted octanol–water partition coefficient (Wildman–Crippen LogP) is 3.29. The number of hydrogen-bond donors (Lipinski definition) is 1. The summed E-state index contributed by atoms with van der Waals surface area (Å²) >= 11 is 0.719. The molecular weight excluding hydrogens is 450 g/mol. The molecule has 0 aliphatic heterocycles. The van der Waals surface area contributed by atoms with Gasteiger partial charge in [0.25, 0.3) is 5.91 Å². The summed E-state index contributed by atoms with van der Waals surface area (Å²) in [5.41, 5.74) is 3.12. The predicted molar refractivity (Wildman–Crippen MR) is 122 cm³/mol. The van der Waals surface area contributed by atoms with Gasteiger partial charge in [0.15, 0.2) is 0 Å². The molecule has 9 nitrogen and oxygen atoms in total. The number of rotatable bonds is 7. The van der Waals surface area contributed by atoms with Gasteiger partial charge < -0.3 is 9.30 Å². The van der Waals surface area contributed by atoms with Gasteiger partial charge in [0.2, 0.25) is 19.3 Å². The van der Waals surface area contributed by atoms with Crippen molar-refractivity contribution in [2.45, 2.75) is 25.1 Å². The molecule has 11 heteroatoms. The van der Waals surface area contributed by atoms with Crippen LogP contribution in [0.1, 0.15) is 23.9 Å². The second-order valence-electron chi connectivity index (χ2n) is 6.83. The van der Waals surface area contributed by atoms with Crippen LogP contribution in [0.2, 0.25) is 0 Å². The van der Waals surface area contributed by atoms with Gasteiger partial charge in [0.05, 0.1) is 12.3 Å². The topological polar surface area (TPSA) is 127 Å². The van der Waals surface area contributed by atoms with Crippen molar-refractivity contribution in [2.75, 3.05) is 18.2 Å². The highest BCUT2D eigenvalue weighted by molar-refractivity contribution is 7.92. The van der Waals surface area contributed by atoms with Crippen molar-refractivity contribution in [3.8, 4) is 17.5 Å². The molecule has 0 saturated heterocycles. The van der Waals surface area contributed by atoms with Gasteiger partial charge in [-0.2, -0.15) is 5.26 Å². The van der Waals surface area contributed by atoms with Crippen molar-refractivity contribution in [1.82, 2.24) is 14.8 Å². The van der Waals surface area contributed by atoms with E-state index in [0.717, 1.165) is 40.4 Å². The van der Waals surface area contributed by atoms with Crippen LogP contribution in [0.25, 0.3) is 11.8 Å². The minimum absolute atomic E-state index is 0.00677. The summed E-state index contributed by atoms with van der Waals surface area (Å²) in [6, 6.07) is 11.4. The first-order valence-corrected chi connectivity index (χ1v) is 12.2. The Hall–Kier alpha value is -3.49. The molecule has 2 heterocycles. The number of anilines is 1. The van der Waals surface area contributed by atoms with E-state index >= 15 is 0 Å². The summed E-state index contributed by atoms with van der Waals surface area (Å²) in [5, 5.41) is 19.2. The lowest BCUT2D eigenvalue weighted by atomic mass is 10.1. The lowest BCUT2D eigenvalue weighted by Gasteiger charge is -2.14. The lowest BCUT2D eigenvalue weighted by molar-refractivity contribution is -0.112. The minimum atomic E-state index is -3.53. The number of nitriles is 1. The fourth-order valence-corrected chi connectivity index (χ4v) is 4.61. The van der Waals surface area contributed by atoms with Crippen molar-refractivity contribution < 1.29 is 17.9 Å². The summed E-state index contributed by atoms with van der Waals surface area (Å²) in [6.07, 6.45) is 2.48. The third kappa shape index (κ3) is 4.87. The second-order valence-corrected chi connectivity index (χ2v) is 10.00. The zero-order chi connectivity index (χ0) is 23.5. The van der Waals surface area contributed by atoms with Crippen LogP contribution >= 0.6 is 11.3 Å². The Morgan fingerprint density at radius 2 is 2.03 bits per heavy atom. The number of ether oxygens (including phenoxy) is 1. The number of para-hydroxylation sites is 2. The Morgan fingerprint density at radius 1 is 1.31 bits per heavy atom. The van der Waals surface area contributed by atoms with E-state index in [1.165, 1.54) is 6.08 Å². The molecule has 3 rings (SSSR count). The number of benzene rings is 1. The number of amides is 1. The third-order valence-corrected chi connectivity index (χ3v) is 6.99. The van der Waals surface area contributed by atoms with E-state index in [1.54, 1.807) is 0 Å². The third-order valence-electron chi connectivity index (χ3n) is 4.49. The van der Waals surface area contributed by atoms with E-state index in [1.807, 2.05) is 61.7 Å². The number of nitrogens with zero attached hydrogens (tertiary/aromatic N) is 4. The lowest BCUT2D eigenvalue weighted by Crippen LogP contribution is -2.13. The molecule has 1 aromatic carbocycles. The summed E-state index contributed by atoms with van der Waals surface area (Å²) < 4.78 is 30.6. The van der Waals surface area contributed by atoms with E-state index in [-0.39, 0.29) is 15.0 Å². The molecule has 0 atom stereocenters. The molecule has 0 radical (unpaired) electrons. The van der Waals surface area contributed by atoms with Gasteiger partial charge in [-0.1, -0.05) is 23.5 Å². The maximum atomic E-state index is 12.6. The molecule has 3 aromatic rings. The van der Waals surface area contributed by atoms with Gasteiger partial charge in [-0.25, -0.2) is 8.42 Å². The van der Waals surface area contributed by atoms with Gasteiger partial charge in [-0.05, 0) is 50.6 Å². The monoisotopic (exact) mass is 471 g/mol. The Balaban J connectivity index is 1.93. The summed E-state index contributed by atoms with van der Waals surface area (Å²) in [6.45, 7) is 6.24. The molecule has 0 fully saturated rings. The highest BCUT2D eigenvalue weighted by Crippen LogP contribution is 2.29. The van der Waals surface area contributed by atoms with Crippen LogP contribution in [0, 0.1) is 25.2 Å². The first kappa shape index (κ1) is 23.2. The van der Waals surface area contributed by atoms with E-state index < -0.39 is 15.7 Å². The van der Waals surface area contributed by atoms with Crippen molar-refractivity contribution in [2.24, 2.45) is 0 Å². The molecule has 166 valence electrons. The molecule has 0 spiro atoms. The SMILES string of the molecule is CCOc1ccccc1-n1c(C)cc(C=C(C#N)C(=O)Nc2nnc(S(C)(=O)=O)s2)c1C. The highest BCUT2D eigenvalue weighted by atomic mass is 32.2. The molecular formula is C21H21N5O4S2. The number of hydrogen-bond acceptors (Lipinski definition) is 8. The van der Waals surface area contributed by atoms with Crippen LogP contribution in [-0.2, 0) is 14.6 Å². The maximum Gasteiger partial charge on any atom is 0.268 e. The number of aromatic nitrogens is 3. The number of carbonyl (C=O) groups excluding carboxylic acids is 1. The van der Waals surface area contributed by atoms with E-state index in [4.69, 9.17) is 4.74 Å². The van der Waals surface area contributed by atoms with Gasteiger partial charge in [-0.3, -0.25) is 10.1 Å². The van der Waals surface area contributed by atoms with Crippen LogP contribution in [0.3, 0.4) is 0 Å². The largest absolute Gasteiger partial charge is 0.492 e. The second kappa shape index (κ2) is 9.33. The number of nitrogens with one attached hydrogen (secondary N) is 1. The van der Waals surface area contributed by atoms with Gasteiger partial charge >= 0.3 is 0 Å². The molecule has 1 amide bonds. The summed E-state index contributed by atoms with van der Waals surface area (Å²) in [4.78, 5) is 12.6. The minimum Gasteiger partial charge on any atom is -0.492 e. The molecule has 0 aliphatic rings. The van der Waals surface area contributed by atoms with Crippen molar-refractivity contribution in [3.63, 3.8) is 0 Å². The van der Waals surface area contributed by atoms with Crippen LogP contribution in [0.4, 0.5) is 5.13 Å². The number of carbonyl (C=O) groups is 1. The van der Waals surface area contributed by atoms with Gasteiger partial charge in [0, 0.05) is 17.6 Å². The quantitative estimate of drug-likeness (QED) is 0.318. The summed E-state index contributed by atoms with van der Waals surface area (Å²) in [5.74, 6) is 0.0201. The zero-order valence-electron chi connectivity index (χ0n) is 17.9. The smallest absolute Gasteiger partial charge is 0.268 e. The number of sulfone groups is 1. The van der Waals surface area contributed by atoms with Crippen LogP contribution in [0.15, 0.2) is 40.2 Å². The fraction of sp³-hybridized carbons (Fsp3) is 0.238. The van der Waals surface area contributed by atoms with E-state index in [2.05, 4.69) is 15.5 Å². The average molecular weight is 472 g/mol. The molecule has 0 bridgehead atoms. The molecule has 32 heavy (non-hydrogen) atoms. The Labute approximate surface area is 189 Å². The normalized spacial score (nSPS) is 11.8. The Bertz CT molecular complexity index is 1350. The molecule has 0 unspecified atom stereocenters. The number of aryl methyl sites for hydroxylation is 1. The molecule has 2 aromatic heterocycles. The van der Waals surface area contributed by atoms with Crippen molar-refractivity contribution in [3.05, 3.63) is 52.9 Å². The maximum absolute atomic E-state index is 12.6. The van der Waals surface area contributed by atoms with E-state index in [0.29, 0.717) is 12.2 Å². The molecule has 1 N–H and O–H groups in total. The highest BCUT2D eigenvalue weighted by Gasteiger charge is 2.19. The van der Waals surface area contributed by atoms with Crippen LogP contribution in [-0.4, -0.2) is 42.0 Å². The standard InChI is InChI=1S/C21H21N5O4S2/c1-5-30-18-9-7-6-8-17(18)26-13(2)10-15(14(26)3)11-16(12-22)19(27)23-20-24-25-21(31-20)32(4,28)29/h6-11H,5H2,1-4H3,(H,23,24,27). The fourth-order valence-electron chi connectivity index (χ4n) is 3.10. The molecule has 0 aliphatic carbocycles.